The molecule has 1 atom stereocenters. The average Bonchev–Trinajstić information content (AvgIpc) is 2.49. The molecule has 21 heavy (non-hydrogen) atoms. The summed E-state index contributed by atoms with van der Waals surface area (Å²) in [5.41, 5.74) is 0.474. The molecule has 1 aromatic rings. The molecule has 2 rings (SSSR count). The normalized spacial score (nSPS) is 23.9. The highest BCUT2D eigenvalue weighted by atomic mass is 19.2. The minimum atomic E-state index is -0.906. The van der Waals surface area contributed by atoms with Crippen molar-refractivity contribution in [1.82, 2.24) is 0 Å². The van der Waals surface area contributed by atoms with Crippen LogP contribution in [0.4, 0.5) is 8.78 Å². The van der Waals surface area contributed by atoms with Gasteiger partial charge in [-0.2, -0.15) is 4.39 Å². The van der Waals surface area contributed by atoms with E-state index in [9.17, 15) is 8.78 Å². The average molecular weight is 298 g/mol. The van der Waals surface area contributed by atoms with E-state index < -0.39 is 11.6 Å². The predicted octanol–water partition coefficient (Wildman–Crippen LogP) is 4.27. The van der Waals surface area contributed by atoms with Crippen molar-refractivity contribution in [3.8, 4) is 5.75 Å². The number of rotatable bonds is 5. The van der Waals surface area contributed by atoms with E-state index in [4.69, 9.17) is 9.84 Å². The summed E-state index contributed by atoms with van der Waals surface area (Å²) < 4.78 is 33.6. The summed E-state index contributed by atoms with van der Waals surface area (Å²) in [5.74, 6) is -1.06. The lowest BCUT2D eigenvalue weighted by Gasteiger charge is -2.27. The zero-order valence-electron chi connectivity index (χ0n) is 12.7. The molecular weight excluding hydrogens is 274 g/mol. The first kappa shape index (κ1) is 16.2. The third-order valence-electron chi connectivity index (χ3n) is 4.37. The Morgan fingerprint density at radius 2 is 1.86 bits per heavy atom. The van der Waals surface area contributed by atoms with Crippen molar-refractivity contribution in [2.75, 3.05) is 13.2 Å². The Morgan fingerprint density at radius 3 is 2.48 bits per heavy atom. The van der Waals surface area contributed by atoms with Gasteiger partial charge in [-0.25, -0.2) is 4.39 Å². The van der Waals surface area contributed by atoms with Crippen molar-refractivity contribution in [2.45, 2.75) is 45.4 Å². The number of halogens is 2. The third-order valence-corrected chi connectivity index (χ3v) is 4.37. The molecule has 1 aliphatic rings. The molecule has 1 fully saturated rings. The summed E-state index contributed by atoms with van der Waals surface area (Å²) in [6.07, 6.45) is 3.97. The molecule has 1 aromatic carbocycles. The summed E-state index contributed by atoms with van der Waals surface area (Å²) >= 11 is 0. The van der Waals surface area contributed by atoms with Gasteiger partial charge in [0.05, 0.1) is 6.61 Å². The van der Waals surface area contributed by atoms with E-state index in [2.05, 4.69) is 6.92 Å². The molecule has 0 aromatic heterocycles. The molecule has 4 heteroatoms. The molecule has 0 aliphatic heterocycles. The van der Waals surface area contributed by atoms with Crippen LogP contribution in [-0.2, 0) is 0 Å². The maximum absolute atomic E-state index is 14.2. The topological polar surface area (TPSA) is 29.5 Å². The summed E-state index contributed by atoms with van der Waals surface area (Å²) in [4.78, 5) is 0. The SMILES string of the molecule is CC1CCC(c2ccc(OC[C@@H](C)CO)c(F)c2F)CC1. The number of hydrogen-bond acceptors (Lipinski definition) is 2. The summed E-state index contributed by atoms with van der Waals surface area (Å²) in [7, 11) is 0. The molecule has 0 spiro atoms. The Labute approximate surface area is 125 Å². The lowest BCUT2D eigenvalue weighted by molar-refractivity contribution is 0.170. The second-order valence-corrected chi connectivity index (χ2v) is 6.34. The number of benzene rings is 1. The molecule has 0 bridgehead atoms. The van der Waals surface area contributed by atoms with E-state index in [1.54, 1.807) is 13.0 Å². The highest BCUT2D eigenvalue weighted by molar-refractivity contribution is 5.33. The van der Waals surface area contributed by atoms with Gasteiger partial charge in [-0.15, -0.1) is 0 Å². The van der Waals surface area contributed by atoms with Gasteiger partial charge in [0.1, 0.15) is 0 Å². The van der Waals surface area contributed by atoms with E-state index >= 15 is 0 Å². The molecule has 2 nitrogen and oxygen atoms in total. The standard InChI is InChI=1S/C17H24F2O2/c1-11-3-5-13(6-4-11)14-7-8-15(17(19)16(14)18)21-10-12(2)9-20/h7-8,11-13,20H,3-6,9-10H2,1-2H3/t11?,12-,13?/m0/s1. The van der Waals surface area contributed by atoms with Gasteiger partial charge in [-0.3, -0.25) is 0 Å². The monoisotopic (exact) mass is 298 g/mol. The molecule has 0 heterocycles. The second-order valence-electron chi connectivity index (χ2n) is 6.34. The van der Waals surface area contributed by atoms with Gasteiger partial charge >= 0.3 is 0 Å². The number of ether oxygens (including phenoxy) is 1. The lowest BCUT2D eigenvalue weighted by Crippen LogP contribution is -2.15. The maximum Gasteiger partial charge on any atom is 0.200 e. The summed E-state index contributed by atoms with van der Waals surface area (Å²) in [6, 6.07) is 3.16. The fourth-order valence-corrected chi connectivity index (χ4v) is 2.83. The Balaban J connectivity index is 2.10. The fraction of sp³-hybridized carbons (Fsp3) is 0.647. The summed E-state index contributed by atoms with van der Waals surface area (Å²) in [5, 5.41) is 8.92. The maximum atomic E-state index is 14.2. The van der Waals surface area contributed by atoms with Crippen LogP contribution in [0.3, 0.4) is 0 Å². The molecule has 118 valence electrons. The lowest BCUT2D eigenvalue weighted by atomic mass is 9.79. The zero-order chi connectivity index (χ0) is 15.4. The van der Waals surface area contributed by atoms with Crippen LogP contribution in [0.2, 0.25) is 0 Å². The molecule has 0 amide bonds. The molecule has 1 N–H and O–H groups in total. The largest absolute Gasteiger partial charge is 0.490 e. The Bertz CT molecular complexity index is 468. The Hall–Kier alpha value is -1.16. The van der Waals surface area contributed by atoms with Crippen molar-refractivity contribution >= 4 is 0 Å². The van der Waals surface area contributed by atoms with Crippen LogP contribution in [-0.4, -0.2) is 18.3 Å². The van der Waals surface area contributed by atoms with Gasteiger partial charge < -0.3 is 9.84 Å². The Morgan fingerprint density at radius 1 is 1.19 bits per heavy atom. The number of aliphatic hydroxyl groups is 1. The minimum Gasteiger partial charge on any atom is -0.490 e. The predicted molar refractivity (Wildman–Crippen MR) is 78.5 cm³/mol. The van der Waals surface area contributed by atoms with E-state index in [-0.39, 0.29) is 30.8 Å². The van der Waals surface area contributed by atoms with Crippen LogP contribution in [0.15, 0.2) is 12.1 Å². The van der Waals surface area contributed by atoms with Crippen LogP contribution in [0.5, 0.6) is 5.75 Å². The second kappa shape index (κ2) is 7.21. The Kier molecular flexibility index (Phi) is 5.57. The van der Waals surface area contributed by atoms with Gasteiger partial charge in [0, 0.05) is 12.5 Å². The fourth-order valence-electron chi connectivity index (χ4n) is 2.83. The molecule has 0 saturated heterocycles. The van der Waals surface area contributed by atoms with Gasteiger partial charge in [0.15, 0.2) is 11.6 Å². The highest BCUT2D eigenvalue weighted by Crippen LogP contribution is 2.38. The van der Waals surface area contributed by atoms with E-state index in [0.29, 0.717) is 11.5 Å². The van der Waals surface area contributed by atoms with Crippen molar-refractivity contribution in [2.24, 2.45) is 11.8 Å². The van der Waals surface area contributed by atoms with Gasteiger partial charge in [0.25, 0.3) is 0 Å². The molecule has 0 unspecified atom stereocenters. The van der Waals surface area contributed by atoms with E-state index in [0.717, 1.165) is 25.7 Å². The molecule has 1 saturated carbocycles. The first-order chi connectivity index (χ1) is 10.0. The van der Waals surface area contributed by atoms with E-state index in [1.807, 2.05) is 0 Å². The van der Waals surface area contributed by atoms with Crippen LogP contribution < -0.4 is 4.74 Å². The summed E-state index contributed by atoms with van der Waals surface area (Å²) in [6.45, 7) is 4.12. The smallest absolute Gasteiger partial charge is 0.200 e. The van der Waals surface area contributed by atoms with Crippen molar-refractivity contribution in [3.05, 3.63) is 29.3 Å². The van der Waals surface area contributed by atoms with Crippen LogP contribution >= 0.6 is 0 Å². The number of hydrogen-bond donors (Lipinski definition) is 1. The molecule has 1 aliphatic carbocycles. The highest BCUT2D eigenvalue weighted by Gasteiger charge is 2.25. The van der Waals surface area contributed by atoms with Crippen molar-refractivity contribution < 1.29 is 18.6 Å². The van der Waals surface area contributed by atoms with Crippen LogP contribution in [0.25, 0.3) is 0 Å². The van der Waals surface area contributed by atoms with Crippen molar-refractivity contribution in [3.63, 3.8) is 0 Å². The molecule has 0 radical (unpaired) electrons. The van der Waals surface area contributed by atoms with Gasteiger partial charge in [0.2, 0.25) is 5.82 Å². The molecular formula is C17H24F2O2. The minimum absolute atomic E-state index is 0.0392. The van der Waals surface area contributed by atoms with E-state index in [1.165, 1.54) is 6.07 Å². The van der Waals surface area contributed by atoms with Crippen molar-refractivity contribution in [1.29, 1.82) is 0 Å². The first-order valence-corrected chi connectivity index (χ1v) is 7.74. The van der Waals surface area contributed by atoms with Gasteiger partial charge in [-0.05, 0) is 36.3 Å². The van der Waals surface area contributed by atoms with Gasteiger partial charge in [-0.1, -0.05) is 32.8 Å². The number of aliphatic hydroxyl groups excluding tert-OH is 1. The first-order valence-electron chi connectivity index (χ1n) is 7.74. The quantitative estimate of drug-likeness (QED) is 0.880. The zero-order valence-corrected chi connectivity index (χ0v) is 12.7. The third kappa shape index (κ3) is 3.94. The van der Waals surface area contributed by atoms with Crippen LogP contribution in [0, 0.1) is 23.5 Å². The van der Waals surface area contributed by atoms with Crippen LogP contribution in [0.1, 0.15) is 51.0 Å².